The number of hydrogen-bond donors (Lipinski definition) is 1. The van der Waals surface area contributed by atoms with Gasteiger partial charge in [-0.3, -0.25) is 0 Å². The van der Waals surface area contributed by atoms with Crippen LogP contribution in [0.3, 0.4) is 0 Å². The fourth-order valence-corrected chi connectivity index (χ4v) is 17.6. The van der Waals surface area contributed by atoms with Gasteiger partial charge < -0.3 is 9.34 Å². The Morgan fingerprint density at radius 3 is 2.06 bits per heavy atom. The maximum absolute atomic E-state index is 11.1. The van der Waals surface area contributed by atoms with Crippen LogP contribution in [0.15, 0.2) is 11.8 Å². The summed E-state index contributed by atoms with van der Waals surface area (Å²) in [5.74, 6) is -0.859. The normalized spacial score (nSPS) is 22.1. The van der Waals surface area contributed by atoms with Gasteiger partial charge in [-0.2, -0.15) is 0 Å². The number of carbonyl (C=O) groups is 1. The molecule has 3 nitrogen and oxygen atoms in total. The minimum Gasteiger partial charge on any atom is -0.478 e. The number of thiocarbonyl (C=S) groups is 1. The summed E-state index contributed by atoms with van der Waals surface area (Å²) >= 11 is 5.18. The summed E-state index contributed by atoms with van der Waals surface area (Å²) in [7, 11) is -3.00. The average Bonchev–Trinajstić information content (AvgIpc) is 2.32. The molecule has 1 aliphatic rings. The molecule has 0 aromatic rings. The smallest absolute Gasteiger partial charge is 0.330 e. The number of carboxylic acids is 1. The average molecular weight is 302 g/mol. The van der Waals surface area contributed by atoms with Crippen molar-refractivity contribution in [3.63, 3.8) is 0 Å². The first-order valence-corrected chi connectivity index (χ1v) is 13.0. The van der Waals surface area contributed by atoms with Gasteiger partial charge in [-0.15, -0.1) is 0 Å². The summed E-state index contributed by atoms with van der Waals surface area (Å²) in [6.45, 7) is 11.2. The van der Waals surface area contributed by atoms with Crippen LogP contribution in [0.25, 0.3) is 0 Å². The van der Waals surface area contributed by atoms with Gasteiger partial charge in [-0.25, -0.2) is 4.79 Å². The lowest BCUT2D eigenvalue weighted by atomic mass is 10.2. The zero-order valence-corrected chi connectivity index (χ0v) is 14.7. The van der Waals surface area contributed by atoms with Gasteiger partial charge in [0.15, 0.2) is 0 Å². The van der Waals surface area contributed by atoms with Crippen LogP contribution in [0.1, 0.15) is 13.3 Å². The van der Waals surface area contributed by atoms with Crippen molar-refractivity contribution in [2.45, 2.75) is 51.6 Å². The van der Waals surface area contributed by atoms with Crippen LogP contribution in [-0.2, 0) is 4.79 Å². The molecule has 1 N–H and O–H groups in total. The van der Waals surface area contributed by atoms with Gasteiger partial charge in [0.2, 0.25) is 0 Å². The fraction of sp³-hybridized carbons (Fsp3) is 0.667. The number of nitrogens with zero attached hydrogens (tertiary/aromatic N) is 1. The molecular formula is C12H23NO2SSi2. The van der Waals surface area contributed by atoms with E-state index in [2.05, 4.69) is 30.4 Å². The largest absolute Gasteiger partial charge is 0.478 e. The Morgan fingerprint density at radius 1 is 1.28 bits per heavy atom. The Labute approximate surface area is 117 Å². The van der Waals surface area contributed by atoms with E-state index in [0.717, 1.165) is 10.6 Å². The highest BCUT2D eigenvalue weighted by Crippen LogP contribution is 2.40. The molecule has 18 heavy (non-hydrogen) atoms. The number of hydrogen-bond acceptors (Lipinski definition) is 3. The predicted octanol–water partition coefficient (Wildman–Crippen LogP) is 3.46. The molecule has 6 heteroatoms. The second-order valence-electron chi connectivity index (χ2n) is 6.31. The zero-order valence-electron chi connectivity index (χ0n) is 11.9. The zero-order chi connectivity index (χ0) is 14.1. The lowest BCUT2D eigenvalue weighted by Crippen LogP contribution is -2.54. The molecule has 0 saturated carbocycles. The summed E-state index contributed by atoms with van der Waals surface area (Å²) in [6.07, 6.45) is 2.00. The highest BCUT2D eigenvalue weighted by atomic mass is 32.1. The van der Waals surface area contributed by atoms with E-state index in [1.807, 2.05) is 6.92 Å². The summed E-state index contributed by atoms with van der Waals surface area (Å²) in [4.78, 5) is 11.9. The first-order valence-electron chi connectivity index (χ1n) is 6.29. The molecule has 1 rings (SSSR count). The lowest BCUT2D eigenvalue weighted by molar-refractivity contribution is -0.131. The van der Waals surface area contributed by atoms with Gasteiger partial charge in [0.05, 0.1) is 0 Å². The van der Waals surface area contributed by atoms with Gasteiger partial charge in [0, 0.05) is 18.2 Å². The maximum atomic E-state index is 11.1. The van der Waals surface area contributed by atoms with Gasteiger partial charge in [-0.05, 0) is 23.9 Å². The van der Waals surface area contributed by atoms with E-state index >= 15 is 0 Å². The number of carboxylic acid groups (broad SMARTS) is 1. The SMILES string of the molecule is CC(=S)CC(=CC(=O)O)N1[Si](C)(C)CC[Si]1(C)C. The van der Waals surface area contributed by atoms with Gasteiger partial charge in [0.25, 0.3) is 0 Å². The molecule has 0 radical (unpaired) electrons. The molecule has 0 amide bonds. The third-order valence-electron chi connectivity index (χ3n) is 3.57. The number of aliphatic carboxylic acids is 1. The van der Waals surface area contributed by atoms with Crippen LogP contribution < -0.4 is 0 Å². The Kier molecular flexibility index (Phi) is 4.56. The van der Waals surface area contributed by atoms with Crippen LogP contribution in [-0.4, -0.2) is 36.6 Å². The Balaban J connectivity index is 3.18. The number of rotatable bonds is 4. The Morgan fingerprint density at radius 2 is 1.72 bits per heavy atom. The van der Waals surface area contributed by atoms with E-state index in [0.29, 0.717) is 6.42 Å². The fourth-order valence-electron chi connectivity index (χ4n) is 3.02. The van der Waals surface area contributed by atoms with E-state index in [-0.39, 0.29) is 0 Å². The topological polar surface area (TPSA) is 40.5 Å². The van der Waals surface area contributed by atoms with E-state index < -0.39 is 22.4 Å². The summed E-state index contributed by atoms with van der Waals surface area (Å²) in [5.41, 5.74) is 0.945. The molecule has 0 bridgehead atoms. The highest BCUT2D eigenvalue weighted by molar-refractivity contribution is 7.80. The van der Waals surface area contributed by atoms with Crippen LogP contribution in [0.4, 0.5) is 0 Å². The number of allylic oxidation sites excluding steroid dienone is 1. The summed E-state index contributed by atoms with van der Waals surface area (Å²) < 4.78 is 2.52. The first kappa shape index (κ1) is 15.6. The molecule has 0 spiro atoms. The summed E-state index contributed by atoms with van der Waals surface area (Å²) in [5, 5.41) is 9.08. The maximum Gasteiger partial charge on any atom is 0.330 e. The molecule has 1 aliphatic heterocycles. The van der Waals surface area contributed by atoms with Crippen molar-refractivity contribution >= 4 is 39.5 Å². The minimum atomic E-state index is -1.50. The van der Waals surface area contributed by atoms with Crippen molar-refractivity contribution in [1.82, 2.24) is 4.23 Å². The van der Waals surface area contributed by atoms with Crippen molar-refractivity contribution in [3.8, 4) is 0 Å². The Bertz CT molecular complexity index is 389. The van der Waals surface area contributed by atoms with Crippen LogP contribution in [0, 0.1) is 0 Å². The molecule has 102 valence electrons. The first-order chi connectivity index (χ1) is 8.06. The van der Waals surface area contributed by atoms with Crippen molar-refractivity contribution in [2.75, 3.05) is 0 Å². The van der Waals surface area contributed by atoms with Gasteiger partial charge >= 0.3 is 5.97 Å². The molecule has 1 saturated heterocycles. The van der Waals surface area contributed by atoms with Crippen molar-refractivity contribution in [1.29, 1.82) is 0 Å². The molecule has 0 aromatic carbocycles. The van der Waals surface area contributed by atoms with E-state index in [9.17, 15) is 4.79 Å². The van der Waals surface area contributed by atoms with Crippen molar-refractivity contribution in [3.05, 3.63) is 11.8 Å². The van der Waals surface area contributed by atoms with Crippen LogP contribution >= 0.6 is 12.2 Å². The predicted molar refractivity (Wildman–Crippen MR) is 85.0 cm³/mol. The molecule has 1 fully saturated rings. The molecule has 1 heterocycles. The third kappa shape index (κ3) is 3.52. The molecule has 0 aliphatic carbocycles. The van der Waals surface area contributed by atoms with E-state index in [1.54, 1.807) is 0 Å². The minimum absolute atomic E-state index is 0.620. The standard InChI is InChI=1S/C12H23NO2SSi2/c1-10(16)8-11(9-12(14)15)13-17(2,3)6-7-18(13,4)5/h9H,6-8H2,1-5H3,(H,14,15). The molecular weight excluding hydrogens is 278 g/mol. The molecule has 0 unspecified atom stereocenters. The Hall–Kier alpha value is -0.466. The monoisotopic (exact) mass is 301 g/mol. The lowest BCUT2D eigenvalue weighted by Gasteiger charge is -2.43. The quantitative estimate of drug-likeness (QED) is 0.490. The third-order valence-corrected chi connectivity index (χ3v) is 13.8. The van der Waals surface area contributed by atoms with Crippen LogP contribution in [0.5, 0.6) is 0 Å². The van der Waals surface area contributed by atoms with Crippen molar-refractivity contribution in [2.24, 2.45) is 0 Å². The van der Waals surface area contributed by atoms with E-state index in [1.165, 1.54) is 18.2 Å². The van der Waals surface area contributed by atoms with Crippen molar-refractivity contribution < 1.29 is 9.90 Å². The second-order valence-corrected chi connectivity index (χ2v) is 16.6. The van der Waals surface area contributed by atoms with Crippen LogP contribution in [0.2, 0.25) is 38.3 Å². The van der Waals surface area contributed by atoms with Gasteiger partial charge in [0.1, 0.15) is 16.5 Å². The summed E-state index contributed by atoms with van der Waals surface area (Å²) in [6, 6.07) is 2.53. The van der Waals surface area contributed by atoms with E-state index in [4.69, 9.17) is 17.3 Å². The highest BCUT2D eigenvalue weighted by Gasteiger charge is 2.48. The molecule has 0 atom stereocenters. The second kappa shape index (κ2) is 5.26. The molecule has 0 aromatic heterocycles. The van der Waals surface area contributed by atoms with Gasteiger partial charge in [-0.1, -0.05) is 38.4 Å².